The van der Waals surface area contributed by atoms with Gasteiger partial charge in [-0.1, -0.05) is 91.0 Å². The maximum absolute atomic E-state index is 12.1. The zero-order chi connectivity index (χ0) is 24.0. The van der Waals surface area contributed by atoms with Crippen LogP contribution in [0.2, 0.25) is 0 Å². The van der Waals surface area contributed by atoms with Crippen LogP contribution in [0.5, 0.6) is 0 Å². The van der Waals surface area contributed by atoms with Crippen LogP contribution in [0.25, 0.3) is 0 Å². The van der Waals surface area contributed by atoms with Crippen molar-refractivity contribution in [3.8, 4) is 0 Å². The van der Waals surface area contributed by atoms with Crippen molar-refractivity contribution in [3.63, 3.8) is 0 Å². The average molecular weight is 463 g/mol. The average Bonchev–Trinajstić information content (AvgIpc) is 3.02. The van der Waals surface area contributed by atoms with Gasteiger partial charge in [0.1, 0.15) is 11.7 Å². The van der Waals surface area contributed by atoms with E-state index in [4.69, 9.17) is 14.2 Å². The summed E-state index contributed by atoms with van der Waals surface area (Å²) in [7, 11) is 0. The molecule has 4 atom stereocenters. The molecule has 1 aliphatic rings. The molecule has 0 spiro atoms. The van der Waals surface area contributed by atoms with Gasteiger partial charge in [0.25, 0.3) is 0 Å². The Balaban J connectivity index is 1.66. The SMILES string of the molecule is CC(=O)OC1O[C@H](COCc2ccccc2)[C@](O)(Cc2ccccc2)[C@@]1(O)Cc1ccccc1. The van der Waals surface area contributed by atoms with Crippen LogP contribution in [-0.2, 0) is 38.5 Å². The van der Waals surface area contributed by atoms with Crippen LogP contribution in [0.15, 0.2) is 91.0 Å². The minimum absolute atomic E-state index is 0.00704. The molecule has 0 saturated carbocycles. The smallest absolute Gasteiger partial charge is 0.305 e. The predicted octanol–water partition coefficient (Wildman–Crippen LogP) is 3.44. The third kappa shape index (κ3) is 5.21. The number of esters is 1. The molecule has 1 heterocycles. The maximum atomic E-state index is 12.1. The lowest BCUT2D eigenvalue weighted by Gasteiger charge is -2.40. The van der Waals surface area contributed by atoms with Crippen molar-refractivity contribution in [2.45, 2.75) is 50.0 Å². The minimum Gasteiger partial charge on any atom is -0.433 e. The molecule has 1 fully saturated rings. The van der Waals surface area contributed by atoms with Gasteiger partial charge in [0, 0.05) is 19.8 Å². The van der Waals surface area contributed by atoms with Gasteiger partial charge >= 0.3 is 5.97 Å². The number of hydrogen-bond acceptors (Lipinski definition) is 6. The summed E-state index contributed by atoms with van der Waals surface area (Å²) in [5.74, 6) is -0.607. The van der Waals surface area contributed by atoms with E-state index in [9.17, 15) is 15.0 Å². The van der Waals surface area contributed by atoms with Crippen molar-refractivity contribution in [2.75, 3.05) is 6.61 Å². The van der Waals surface area contributed by atoms with Gasteiger partial charge in [-0.05, 0) is 16.7 Å². The van der Waals surface area contributed by atoms with Crippen LogP contribution in [0.3, 0.4) is 0 Å². The molecule has 4 rings (SSSR count). The normalized spacial score (nSPS) is 26.3. The van der Waals surface area contributed by atoms with Crippen molar-refractivity contribution in [3.05, 3.63) is 108 Å². The second-order valence-corrected chi connectivity index (χ2v) is 8.74. The van der Waals surface area contributed by atoms with Crippen molar-refractivity contribution in [1.82, 2.24) is 0 Å². The number of benzene rings is 3. The number of carbonyl (C=O) groups excluding carboxylic acids is 1. The molecule has 0 aliphatic carbocycles. The Kier molecular flexibility index (Phi) is 7.44. The van der Waals surface area contributed by atoms with E-state index in [1.807, 2.05) is 91.0 Å². The summed E-state index contributed by atoms with van der Waals surface area (Å²) >= 11 is 0. The van der Waals surface area contributed by atoms with Gasteiger partial charge in [0.15, 0.2) is 5.60 Å². The van der Waals surface area contributed by atoms with E-state index in [0.717, 1.165) is 16.7 Å². The highest BCUT2D eigenvalue weighted by atomic mass is 16.7. The minimum atomic E-state index is -1.91. The van der Waals surface area contributed by atoms with Crippen LogP contribution in [0.1, 0.15) is 23.6 Å². The zero-order valence-corrected chi connectivity index (χ0v) is 19.2. The summed E-state index contributed by atoms with van der Waals surface area (Å²) in [6, 6.07) is 28.3. The second-order valence-electron chi connectivity index (χ2n) is 8.74. The molecule has 2 N–H and O–H groups in total. The molecule has 1 unspecified atom stereocenters. The van der Waals surface area contributed by atoms with E-state index in [2.05, 4.69) is 0 Å². The van der Waals surface area contributed by atoms with E-state index in [-0.39, 0.29) is 19.4 Å². The Morgan fingerprint density at radius 1 is 0.794 bits per heavy atom. The topological polar surface area (TPSA) is 85.2 Å². The first kappa shape index (κ1) is 24.1. The molecule has 178 valence electrons. The van der Waals surface area contributed by atoms with E-state index < -0.39 is 29.6 Å². The predicted molar refractivity (Wildman–Crippen MR) is 127 cm³/mol. The fraction of sp³-hybridized carbons (Fsp3) is 0.321. The Hall–Kier alpha value is -3.03. The van der Waals surface area contributed by atoms with Crippen molar-refractivity contribution < 1.29 is 29.2 Å². The Morgan fingerprint density at radius 3 is 1.76 bits per heavy atom. The molecule has 1 aliphatic heterocycles. The largest absolute Gasteiger partial charge is 0.433 e. The molecule has 3 aromatic carbocycles. The number of carbonyl (C=O) groups is 1. The van der Waals surface area contributed by atoms with E-state index in [1.54, 1.807) is 0 Å². The number of ether oxygens (including phenoxy) is 3. The van der Waals surface area contributed by atoms with Gasteiger partial charge in [-0.3, -0.25) is 4.79 Å². The van der Waals surface area contributed by atoms with Gasteiger partial charge < -0.3 is 24.4 Å². The van der Waals surface area contributed by atoms with Gasteiger partial charge in [-0.2, -0.15) is 0 Å². The molecule has 0 bridgehead atoms. The summed E-state index contributed by atoms with van der Waals surface area (Å²) in [5.41, 5.74) is -1.12. The quantitative estimate of drug-likeness (QED) is 0.474. The fourth-order valence-corrected chi connectivity index (χ4v) is 4.49. The van der Waals surface area contributed by atoms with Crippen LogP contribution in [0.4, 0.5) is 0 Å². The van der Waals surface area contributed by atoms with Crippen LogP contribution in [0, 0.1) is 0 Å². The monoisotopic (exact) mass is 462 g/mol. The molecule has 3 aromatic rings. The van der Waals surface area contributed by atoms with Gasteiger partial charge in [-0.15, -0.1) is 0 Å². The van der Waals surface area contributed by atoms with Crippen LogP contribution >= 0.6 is 0 Å². The molecular weight excluding hydrogens is 432 g/mol. The summed E-state index contributed by atoms with van der Waals surface area (Å²) in [6.45, 7) is 1.58. The summed E-state index contributed by atoms with van der Waals surface area (Å²) in [4.78, 5) is 11.9. The number of rotatable bonds is 9. The van der Waals surface area contributed by atoms with Crippen LogP contribution in [-0.4, -0.2) is 46.4 Å². The lowest BCUT2D eigenvalue weighted by atomic mass is 9.73. The summed E-state index contributed by atoms with van der Waals surface area (Å²) in [5, 5.41) is 24.1. The molecule has 6 heteroatoms. The molecule has 0 radical (unpaired) electrons. The molecular formula is C28H30O6. The molecule has 0 amide bonds. The summed E-state index contributed by atoms with van der Waals surface area (Å²) < 4.78 is 17.3. The first-order valence-electron chi connectivity index (χ1n) is 11.4. The van der Waals surface area contributed by atoms with Gasteiger partial charge in [-0.25, -0.2) is 0 Å². The summed E-state index contributed by atoms with van der Waals surface area (Å²) in [6.07, 6.45) is -2.17. The van der Waals surface area contributed by atoms with Gasteiger partial charge in [0.2, 0.25) is 6.29 Å². The first-order valence-corrected chi connectivity index (χ1v) is 11.4. The lowest BCUT2D eigenvalue weighted by molar-refractivity contribution is -0.216. The Labute approximate surface area is 199 Å². The first-order chi connectivity index (χ1) is 16.4. The van der Waals surface area contributed by atoms with Crippen molar-refractivity contribution >= 4 is 5.97 Å². The third-order valence-corrected chi connectivity index (χ3v) is 6.25. The highest BCUT2D eigenvalue weighted by Crippen LogP contribution is 2.45. The molecule has 1 saturated heterocycles. The zero-order valence-electron chi connectivity index (χ0n) is 19.2. The van der Waals surface area contributed by atoms with Gasteiger partial charge in [0.05, 0.1) is 13.2 Å². The Bertz CT molecular complexity index is 1060. The van der Waals surface area contributed by atoms with E-state index in [1.165, 1.54) is 6.92 Å². The molecule has 34 heavy (non-hydrogen) atoms. The lowest BCUT2D eigenvalue weighted by Crippen LogP contribution is -2.62. The van der Waals surface area contributed by atoms with Crippen molar-refractivity contribution in [2.24, 2.45) is 0 Å². The fourth-order valence-electron chi connectivity index (χ4n) is 4.49. The number of hydrogen-bond donors (Lipinski definition) is 2. The van der Waals surface area contributed by atoms with Crippen molar-refractivity contribution in [1.29, 1.82) is 0 Å². The van der Waals surface area contributed by atoms with E-state index >= 15 is 0 Å². The molecule has 0 aromatic heterocycles. The Morgan fingerprint density at radius 2 is 1.26 bits per heavy atom. The highest BCUT2D eigenvalue weighted by Gasteiger charge is 2.67. The standard InChI is InChI=1S/C28H30O6/c1-21(29)33-26-28(31,18-23-13-7-3-8-14-23)27(30,17-22-11-5-2-6-12-22)25(34-26)20-32-19-24-15-9-4-10-16-24/h2-16,25-26,30-31H,17-20H2,1H3/t25-,26?,27-,28-/m1/s1. The highest BCUT2D eigenvalue weighted by molar-refractivity contribution is 5.66. The van der Waals surface area contributed by atoms with Crippen LogP contribution < -0.4 is 0 Å². The number of aliphatic hydroxyl groups is 2. The maximum Gasteiger partial charge on any atom is 0.305 e. The van der Waals surface area contributed by atoms with E-state index in [0.29, 0.717) is 6.61 Å². The second kappa shape index (κ2) is 10.5. The molecule has 6 nitrogen and oxygen atoms in total. The third-order valence-electron chi connectivity index (χ3n) is 6.25.